The summed E-state index contributed by atoms with van der Waals surface area (Å²) >= 11 is 0.884. The number of sulfonamides is 1. The number of aliphatic hydroxyl groups excluding tert-OH is 1. The number of aromatic carboxylic acids is 1. The Labute approximate surface area is 109 Å². The fourth-order valence-corrected chi connectivity index (χ4v) is 4.79. The minimum atomic E-state index is -3.69. The third-order valence-electron chi connectivity index (χ3n) is 2.93. The molecule has 0 saturated carbocycles. The SMILES string of the molecule is O=C(O)c1cc(S(=O)(=O)N2CCC[C@@H]2CO)cs1. The predicted octanol–water partition coefficient (Wildman–Crippen LogP) is 0.592. The van der Waals surface area contributed by atoms with Crippen LogP contribution >= 0.6 is 11.3 Å². The predicted molar refractivity (Wildman–Crippen MR) is 65.3 cm³/mol. The van der Waals surface area contributed by atoms with Crippen LogP contribution in [0.3, 0.4) is 0 Å². The second-order valence-electron chi connectivity index (χ2n) is 4.05. The molecule has 0 aromatic carbocycles. The molecule has 0 aliphatic carbocycles. The van der Waals surface area contributed by atoms with Crippen molar-refractivity contribution in [2.24, 2.45) is 0 Å². The maximum Gasteiger partial charge on any atom is 0.345 e. The number of carboxylic acid groups (broad SMARTS) is 1. The number of aliphatic hydroxyl groups is 1. The molecule has 2 N–H and O–H groups in total. The van der Waals surface area contributed by atoms with Crippen molar-refractivity contribution >= 4 is 27.3 Å². The fourth-order valence-electron chi connectivity index (χ4n) is 2.01. The van der Waals surface area contributed by atoms with Crippen LogP contribution in [-0.4, -0.2) is 48.1 Å². The molecule has 18 heavy (non-hydrogen) atoms. The summed E-state index contributed by atoms with van der Waals surface area (Å²) in [6.07, 6.45) is 1.34. The van der Waals surface area contributed by atoms with Gasteiger partial charge in [-0.3, -0.25) is 0 Å². The largest absolute Gasteiger partial charge is 0.477 e. The van der Waals surface area contributed by atoms with Crippen molar-refractivity contribution in [1.82, 2.24) is 4.31 Å². The highest BCUT2D eigenvalue weighted by atomic mass is 32.2. The van der Waals surface area contributed by atoms with Gasteiger partial charge in [0.05, 0.1) is 11.5 Å². The lowest BCUT2D eigenvalue weighted by atomic mass is 10.2. The van der Waals surface area contributed by atoms with E-state index >= 15 is 0 Å². The van der Waals surface area contributed by atoms with Crippen molar-refractivity contribution in [1.29, 1.82) is 0 Å². The molecule has 8 heteroatoms. The Morgan fingerprint density at radius 2 is 2.28 bits per heavy atom. The molecule has 1 aliphatic heterocycles. The minimum absolute atomic E-state index is 0.00618. The third kappa shape index (κ3) is 2.28. The third-order valence-corrected chi connectivity index (χ3v) is 5.92. The van der Waals surface area contributed by atoms with Crippen molar-refractivity contribution in [2.45, 2.75) is 23.8 Å². The molecular weight excluding hydrogens is 278 g/mol. The van der Waals surface area contributed by atoms with Gasteiger partial charge in [-0.25, -0.2) is 13.2 Å². The Kier molecular flexibility index (Phi) is 3.71. The van der Waals surface area contributed by atoms with Gasteiger partial charge in [-0.05, 0) is 18.9 Å². The Hall–Kier alpha value is -0.960. The molecule has 0 bridgehead atoms. The molecule has 2 rings (SSSR count). The average molecular weight is 291 g/mol. The maximum atomic E-state index is 12.3. The molecule has 1 aliphatic rings. The number of thiophene rings is 1. The number of hydrogen-bond donors (Lipinski definition) is 2. The number of rotatable bonds is 4. The fraction of sp³-hybridized carbons (Fsp3) is 0.500. The van der Waals surface area contributed by atoms with E-state index in [1.807, 2.05) is 0 Å². The first-order chi connectivity index (χ1) is 8.46. The van der Waals surface area contributed by atoms with E-state index in [2.05, 4.69) is 0 Å². The highest BCUT2D eigenvalue weighted by molar-refractivity contribution is 7.89. The quantitative estimate of drug-likeness (QED) is 0.846. The summed E-state index contributed by atoms with van der Waals surface area (Å²) in [5.74, 6) is -1.14. The highest BCUT2D eigenvalue weighted by Gasteiger charge is 2.35. The average Bonchev–Trinajstić information content (AvgIpc) is 2.98. The Bertz CT molecular complexity index is 550. The second-order valence-corrected chi connectivity index (χ2v) is 6.85. The van der Waals surface area contributed by atoms with Gasteiger partial charge in [-0.1, -0.05) is 0 Å². The van der Waals surface area contributed by atoms with Gasteiger partial charge in [-0.2, -0.15) is 4.31 Å². The van der Waals surface area contributed by atoms with E-state index in [9.17, 15) is 13.2 Å². The lowest BCUT2D eigenvalue weighted by Gasteiger charge is -2.21. The van der Waals surface area contributed by atoms with Crippen LogP contribution in [0.5, 0.6) is 0 Å². The molecule has 0 amide bonds. The zero-order chi connectivity index (χ0) is 13.3. The van der Waals surface area contributed by atoms with Gasteiger partial charge < -0.3 is 10.2 Å². The summed E-state index contributed by atoms with van der Waals surface area (Å²) in [5, 5.41) is 19.3. The van der Waals surface area contributed by atoms with E-state index < -0.39 is 22.0 Å². The van der Waals surface area contributed by atoms with Crippen LogP contribution in [-0.2, 0) is 10.0 Å². The van der Waals surface area contributed by atoms with Gasteiger partial charge in [0, 0.05) is 18.0 Å². The van der Waals surface area contributed by atoms with Crippen LogP contribution in [0.25, 0.3) is 0 Å². The van der Waals surface area contributed by atoms with Crippen LogP contribution in [0.15, 0.2) is 16.3 Å². The van der Waals surface area contributed by atoms with Crippen molar-refractivity contribution < 1.29 is 23.4 Å². The first kappa shape index (κ1) is 13.5. The zero-order valence-corrected chi connectivity index (χ0v) is 11.1. The van der Waals surface area contributed by atoms with Gasteiger partial charge >= 0.3 is 5.97 Å². The molecule has 0 unspecified atom stereocenters. The summed E-state index contributed by atoms with van der Waals surface area (Å²) in [5.41, 5.74) is 0. The molecule has 6 nitrogen and oxygen atoms in total. The summed E-state index contributed by atoms with van der Waals surface area (Å²) < 4.78 is 25.8. The lowest BCUT2D eigenvalue weighted by Crippen LogP contribution is -2.37. The lowest BCUT2D eigenvalue weighted by molar-refractivity contribution is 0.0702. The maximum absolute atomic E-state index is 12.3. The Morgan fingerprint density at radius 1 is 1.56 bits per heavy atom. The summed E-state index contributed by atoms with van der Waals surface area (Å²) in [4.78, 5) is 10.7. The topological polar surface area (TPSA) is 94.9 Å². The van der Waals surface area contributed by atoms with E-state index in [1.54, 1.807) is 0 Å². The summed E-state index contributed by atoms with van der Waals surface area (Å²) in [6.45, 7) is 0.154. The normalized spacial score (nSPS) is 21.3. The highest BCUT2D eigenvalue weighted by Crippen LogP contribution is 2.28. The summed E-state index contributed by atoms with van der Waals surface area (Å²) in [6, 6.07) is 0.762. The number of carbonyl (C=O) groups is 1. The minimum Gasteiger partial charge on any atom is -0.477 e. The van der Waals surface area contributed by atoms with E-state index in [4.69, 9.17) is 10.2 Å². The Morgan fingerprint density at radius 3 is 2.83 bits per heavy atom. The molecular formula is C10H13NO5S2. The van der Waals surface area contributed by atoms with Crippen molar-refractivity contribution in [3.63, 3.8) is 0 Å². The molecule has 1 aromatic rings. The smallest absolute Gasteiger partial charge is 0.345 e. The molecule has 100 valence electrons. The molecule has 0 spiro atoms. The van der Waals surface area contributed by atoms with Crippen molar-refractivity contribution in [3.05, 3.63) is 16.3 Å². The Balaban J connectivity index is 2.32. The van der Waals surface area contributed by atoms with Gasteiger partial charge in [0.15, 0.2) is 0 Å². The zero-order valence-electron chi connectivity index (χ0n) is 9.44. The molecule has 1 atom stereocenters. The van der Waals surface area contributed by atoms with Gasteiger partial charge in [0.2, 0.25) is 10.0 Å². The van der Waals surface area contributed by atoms with Crippen molar-refractivity contribution in [2.75, 3.05) is 13.2 Å². The first-order valence-corrected chi connectivity index (χ1v) is 7.73. The number of nitrogens with zero attached hydrogens (tertiary/aromatic N) is 1. The van der Waals surface area contributed by atoms with Crippen molar-refractivity contribution in [3.8, 4) is 0 Å². The first-order valence-electron chi connectivity index (χ1n) is 5.41. The van der Waals surface area contributed by atoms with Crippen LogP contribution in [0.1, 0.15) is 22.5 Å². The van der Waals surface area contributed by atoms with E-state index in [1.165, 1.54) is 9.69 Å². The number of hydrogen-bond acceptors (Lipinski definition) is 5. The van der Waals surface area contributed by atoms with E-state index in [0.29, 0.717) is 19.4 Å². The molecule has 0 radical (unpaired) electrons. The molecule has 1 saturated heterocycles. The van der Waals surface area contributed by atoms with Gasteiger partial charge in [-0.15, -0.1) is 11.3 Å². The van der Waals surface area contributed by atoms with Gasteiger partial charge in [0.1, 0.15) is 4.88 Å². The van der Waals surface area contributed by atoms with Crippen LogP contribution in [0.2, 0.25) is 0 Å². The van der Waals surface area contributed by atoms with Crippen LogP contribution in [0, 0.1) is 0 Å². The monoisotopic (exact) mass is 291 g/mol. The molecule has 1 fully saturated rings. The standard InChI is InChI=1S/C10H13NO5S2/c12-5-7-2-1-3-11(7)18(15,16)8-4-9(10(13)14)17-6-8/h4,6-7,12H,1-3,5H2,(H,13,14)/t7-/m1/s1. The number of carboxylic acids is 1. The summed E-state index contributed by atoms with van der Waals surface area (Å²) in [7, 11) is -3.69. The molecule has 1 aromatic heterocycles. The van der Waals surface area contributed by atoms with E-state index in [0.717, 1.165) is 17.4 Å². The second kappa shape index (κ2) is 4.96. The molecule has 2 heterocycles. The van der Waals surface area contributed by atoms with Gasteiger partial charge in [0.25, 0.3) is 0 Å². The van der Waals surface area contributed by atoms with Crippen LogP contribution in [0.4, 0.5) is 0 Å². The van der Waals surface area contributed by atoms with E-state index in [-0.39, 0.29) is 16.4 Å². The van der Waals surface area contributed by atoms with Crippen LogP contribution < -0.4 is 0 Å².